The number of aromatic nitrogens is 1. The van der Waals surface area contributed by atoms with Crippen molar-refractivity contribution < 1.29 is 17.9 Å². The smallest absolute Gasteiger partial charge is 0.279 e. The van der Waals surface area contributed by atoms with E-state index < -0.39 is 9.84 Å². The summed E-state index contributed by atoms with van der Waals surface area (Å²) >= 11 is 1.29. The summed E-state index contributed by atoms with van der Waals surface area (Å²) in [6, 6.07) is 18.3. The number of methoxy groups -OCH3 is 1. The van der Waals surface area contributed by atoms with E-state index >= 15 is 0 Å². The van der Waals surface area contributed by atoms with E-state index in [4.69, 9.17) is 4.74 Å². The second-order valence-corrected chi connectivity index (χ2v) is 9.93. The van der Waals surface area contributed by atoms with Crippen molar-refractivity contribution in [3.05, 3.63) is 71.0 Å². The quantitative estimate of drug-likeness (QED) is 0.475. The van der Waals surface area contributed by atoms with Crippen LogP contribution in [0.2, 0.25) is 0 Å². The van der Waals surface area contributed by atoms with Gasteiger partial charge in [0.05, 0.1) is 21.7 Å². The zero-order valence-electron chi connectivity index (χ0n) is 16.5. The van der Waals surface area contributed by atoms with Crippen LogP contribution in [0.5, 0.6) is 0 Å². The van der Waals surface area contributed by atoms with Crippen molar-refractivity contribution in [1.29, 1.82) is 0 Å². The molecule has 0 atom stereocenters. The van der Waals surface area contributed by atoms with Gasteiger partial charge in [-0.15, -0.1) is 0 Å². The van der Waals surface area contributed by atoms with E-state index in [9.17, 15) is 13.2 Å². The van der Waals surface area contributed by atoms with Gasteiger partial charge in [0.15, 0.2) is 14.6 Å². The Balaban J connectivity index is 1.83. The van der Waals surface area contributed by atoms with E-state index in [1.807, 2.05) is 41.0 Å². The molecule has 4 rings (SSSR count). The lowest BCUT2D eigenvalue weighted by atomic mass is 10.1. The summed E-state index contributed by atoms with van der Waals surface area (Å²) < 4.78 is 31.6. The van der Waals surface area contributed by atoms with E-state index in [0.717, 1.165) is 21.0 Å². The number of amides is 1. The third-order valence-electron chi connectivity index (χ3n) is 4.79. The van der Waals surface area contributed by atoms with Gasteiger partial charge in [-0.05, 0) is 41.1 Å². The van der Waals surface area contributed by atoms with Gasteiger partial charge in [0.2, 0.25) is 0 Å². The molecule has 1 amide bonds. The van der Waals surface area contributed by atoms with Gasteiger partial charge in [0.25, 0.3) is 5.91 Å². The van der Waals surface area contributed by atoms with Crippen LogP contribution >= 0.6 is 11.3 Å². The third-order valence-corrected chi connectivity index (χ3v) is 6.95. The summed E-state index contributed by atoms with van der Waals surface area (Å²) in [5.74, 6) is -0.346. The lowest BCUT2D eigenvalue weighted by molar-refractivity contribution is 0.0997. The molecule has 0 spiro atoms. The van der Waals surface area contributed by atoms with Gasteiger partial charge in [0.1, 0.15) is 0 Å². The van der Waals surface area contributed by atoms with Crippen molar-refractivity contribution in [2.45, 2.75) is 11.4 Å². The molecule has 8 heteroatoms. The first-order valence-corrected chi connectivity index (χ1v) is 12.0. The number of sulfone groups is 1. The molecule has 6 nitrogen and oxygen atoms in total. The van der Waals surface area contributed by atoms with Gasteiger partial charge in [-0.3, -0.25) is 4.79 Å². The number of rotatable bonds is 5. The Morgan fingerprint density at radius 1 is 1.07 bits per heavy atom. The van der Waals surface area contributed by atoms with Crippen molar-refractivity contribution in [1.82, 2.24) is 4.57 Å². The molecule has 154 valence electrons. The van der Waals surface area contributed by atoms with E-state index in [1.165, 1.54) is 17.6 Å². The summed E-state index contributed by atoms with van der Waals surface area (Å²) in [5.41, 5.74) is 1.32. The molecule has 3 aromatic carbocycles. The summed E-state index contributed by atoms with van der Waals surface area (Å²) in [6.07, 6.45) is 1.18. The number of carbonyl (C=O) groups excluding carboxylic acids is 1. The topological polar surface area (TPSA) is 77.7 Å². The number of carbonyl (C=O) groups is 1. The van der Waals surface area contributed by atoms with Gasteiger partial charge in [-0.25, -0.2) is 8.42 Å². The first-order valence-electron chi connectivity index (χ1n) is 9.27. The van der Waals surface area contributed by atoms with E-state index in [1.54, 1.807) is 31.4 Å². The minimum atomic E-state index is -3.33. The zero-order valence-corrected chi connectivity index (χ0v) is 18.2. The predicted octanol–water partition coefficient (Wildman–Crippen LogP) is 3.65. The van der Waals surface area contributed by atoms with Crippen LogP contribution in [0.15, 0.2) is 70.6 Å². The fraction of sp³-hybridized carbons (Fsp3) is 0.182. The Morgan fingerprint density at radius 3 is 2.57 bits per heavy atom. The van der Waals surface area contributed by atoms with E-state index in [0.29, 0.717) is 23.5 Å². The van der Waals surface area contributed by atoms with Crippen molar-refractivity contribution in [3.8, 4) is 0 Å². The van der Waals surface area contributed by atoms with Crippen LogP contribution in [0.4, 0.5) is 0 Å². The fourth-order valence-electron chi connectivity index (χ4n) is 3.24. The maximum atomic E-state index is 12.9. The Hall–Kier alpha value is -2.81. The molecule has 1 heterocycles. The van der Waals surface area contributed by atoms with Crippen LogP contribution in [0.1, 0.15) is 10.4 Å². The lowest BCUT2D eigenvalue weighted by Crippen LogP contribution is -2.19. The summed E-state index contributed by atoms with van der Waals surface area (Å²) in [5, 5.41) is 2.03. The molecule has 4 aromatic rings. The van der Waals surface area contributed by atoms with Crippen LogP contribution in [-0.2, 0) is 21.1 Å². The largest absolute Gasteiger partial charge is 0.383 e. The number of hydrogen-bond donors (Lipinski definition) is 0. The normalized spacial score (nSPS) is 12.7. The molecule has 30 heavy (non-hydrogen) atoms. The Labute approximate surface area is 178 Å². The van der Waals surface area contributed by atoms with Crippen molar-refractivity contribution in [2.75, 3.05) is 20.0 Å². The highest BCUT2D eigenvalue weighted by atomic mass is 32.2. The zero-order chi connectivity index (χ0) is 21.3. The highest BCUT2D eigenvalue weighted by molar-refractivity contribution is 7.90. The molecule has 0 fully saturated rings. The minimum Gasteiger partial charge on any atom is -0.383 e. The Morgan fingerprint density at radius 2 is 1.83 bits per heavy atom. The average molecular weight is 441 g/mol. The van der Waals surface area contributed by atoms with Crippen molar-refractivity contribution >= 4 is 48.1 Å². The molecule has 0 N–H and O–H groups in total. The molecule has 0 bridgehead atoms. The second-order valence-electron chi connectivity index (χ2n) is 6.91. The number of nitrogens with zero attached hydrogens (tertiary/aromatic N) is 2. The molecule has 0 aliphatic rings. The summed E-state index contributed by atoms with van der Waals surface area (Å²) in [7, 11) is -1.72. The van der Waals surface area contributed by atoms with Crippen molar-refractivity contribution in [3.63, 3.8) is 0 Å². The summed E-state index contributed by atoms with van der Waals surface area (Å²) in [4.78, 5) is 18.0. The maximum absolute atomic E-state index is 12.9. The molecule has 0 aliphatic carbocycles. The number of thiazole rings is 1. The maximum Gasteiger partial charge on any atom is 0.279 e. The fourth-order valence-corrected chi connectivity index (χ4v) is 5.06. The number of fused-ring (bicyclic) bond motifs is 2. The van der Waals surface area contributed by atoms with Crippen LogP contribution in [0, 0.1) is 0 Å². The molecule has 0 saturated heterocycles. The molecular weight excluding hydrogens is 420 g/mol. The minimum absolute atomic E-state index is 0.238. The molecule has 0 unspecified atom stereocenters. The summed E-state index contributed by atoms with van der Waals surface area (Å²) in [6.45, 7) is 0.940. The van der Waals surface area contributed by atoms with Crippen LogP contribution < -0.4 is 4.80 Å². The third kappa shape index (κ3) is 4.07. The number of benzene rings is 3. The molecule has 1 aromatic heterocycles. The van der Waals surface area contributed by atoms with Crippen LogP contribution in [0.25, 0.3) is 21.0 Å². The average Bonchev–Trinajstić information content (AvgIpc) is 3.07. The first kappa shape index (κ1) is 20.5. The number of ether oxygens (including phenoxy) is 1. The highest BCUT2D eigenvalue weighted by Gasteiger charge is 2.13. The monoisotopic (exact) mass is 440 g/mol. The first-order chi connectivity index (χ1) is 14.4. The number of hydrogen-bond acceptors (Lipinski definition) is 5. The molecule has 0 radical (unpaired) electrons. The van der Waals surface area contributed by atoms with E-state index in [2.05, 4.69) is 4.99 Å². The molecular formula is C22H20N2O4S2. The highest BCUT2D eigenvalue weighted by Crippen LogP contribution is 2.22. The van der Waals surface area contributed by atoms with Gasteiger partial charge in [0, 0.05) is 25.5 Å². The second kappa shape index (κ2) is 8.14. The Bertz CT molecular complexity index is 1430. The Kier molecular flexibility index (Phi) is 5.55. The SMILES string of the molecule is COCCn1c(=NC(=O)c2ccc3ccccc3c2)sc2cc(S(C)(=O)=O)ccc21. The lowest BCUT2D eigenvalue weighted by Gasteiger charge is -2.05. The van der Waals surface area contributed by atoms with Gasteiger partial charge in [-0.2, -0.15) is 4.99 Å². The van der Waals surface area contributed by atoms with Gasteiger partial charge >= 0.3 is 0 Å². The van der Waals surface area contributed by atoms with Gasteiger partial charge < -0.3 is 9.30 Å². The predicted molar refractivity (Wildman–Crippen MR) is 119 cm³/mol. The van der Waals surface area contributed by atoms with Crippen molar-refractivity contribution in [2.24, 2.45) is 4.99 Å². The van der Waals surface area contributed by atoms with E-state index in [-0.39, 0.29) is 10.8 Å². The standard InChI is InChI=1S/C22H20N2O4S2/c1-28-12-11-24-19-10-9-18(30(2,26)27)14-20(19)29-22(24)23-21(25)17-8-7-15-5-3-4-6-16(15)13-17/h3-10,13-14H,11-12H2,1-2H3. The molecule has 0 saturated carbocycles. The van der Waals surface area contributed by atoms with Gasteiger partial charge in [-0.1, -0.05) is 41.7 Å². The van der Waals surface area contributed by atoms with Crippen LogP contribution in [0.3, 0.4) is 0 Å². The van der Waals surface area contributed by atoms with Crippen LogP contribution in [-0.4, -0.2) is 38.9 Å². The molecule has 0 aliphatic heterocycles.